The van der Waals surface area contributed by atoms with Crippen molar-refractivity contribution in [2.45, 2.75) is 83.4 Å². The molecule has 1 aromatic rings. The molecule has 0 saturated heterocycles. The largest absolute Gasteiger partial charge is 0.385 e. The van der Waals surface area contributed by atoms with Gasteiger partial charge < -0.3 is 5.32 Å². The third-order valence-corrected chi connectivity index (χ3v) is 7.60. The van der Waals surface area contributed by atoms with Gasteiger partial charge in [-0.2, -0.15) is 0 Å². The van der Waals surface area contributed by atoms with Gasteiger partial charge in [-0.3, -0.25) is 0 Å². The summed E-state index contributed by atoms with van der Waals surface area (Å²) in [7, 11) is -3.25. The van der Waals surface area contributed by atoms with Crippen molar-refractivity contribution in [2.24, 2.45) is 5.92 Å². The Labute approximate surface area is 160 Å². The summed E-state index contributed by atoms with van der Waals surface area (Å²) in [5, 5.41) is 3.55. The summed E-state index contributed by atoms with van der Waals surface area (Å²) in [5.74, 6) is 0.616. The van der Waals surface area contributed by atoms with E-state index in [1.165, 1.54) is 24.1 Å². The molecule has 5 heteroatoms. The molecule has 26 heavy (non-hydrogen) atoms. The molecule has 0 spiro atoms. The van der Waals surface area contributed by atoms with Gasteiger partial charge in [-0.05, 0) is 82.9 Å². The second-order valence-electron chi connectivity index (χ2n) is 8.63. The summed E-state index contributed by atoms with van der Waals surface area (Å²) in [5.41, 5.74) is 2.59. The second-order valence-corrected chi connectivity index (χ2v) is 11.1. The summed E-state index contributed by atoms with van der Waals surface area (Å²) < 4.78 is 26.7. The van der Waals surface area contributed by atoms with Crippen molar-refractivity contribution in [3.63, 3.8) is 0 Å². The fourth-order valence-electron chi connectivity index (χ4n) is 3.31. The molecule has 0 aliphatic heterocycles. The molecule has 0 atom stereocenters. The van der Waals surface area contributed by atoms with Crippen LogP contribution in [0.15, 0.2) is 24.3 Å². The van der Waals surface area contributed by atoms with Gasteiger partial charge in [0.1, 0.15) is 0 Å². The van der Waals surface area contributed by atoms with Gasteiger partial charge >= 0.3 is 0 Å². The maximum Gasteiger partial charge on any atom is 0.216 e. The Morgan fingerprint density at radius 3 is 2.19 bits per heavy atom. The van der Waals surface area contributed by atoms with Gasteiger partial charge in [-0.1, -0.05) is 25.5 Å². The molecule has 2 rings (SSSR count). The van der Waals surface area contributed by atoms with Crippen molar-refractivity contribution in [1.29, 1.82) is 0 Å². The summed E-state index contributed by atoms with van der Waals surface area (Å²) in [6.07, 6.45) is 7.63. The molecule has 0 aromatic heterocycles. The second kappa shape index (κ2) is 9.23. The first-order chi connectivity index (χ1) is 12.2. The normalized spacial score (nSPS) is 21.5. The van der Waals surface area contributed by atoms with Crippen molar-refractivity contribution in [3.8, 4) is 0 Å². The topological polar surface area (TPSA) is 58.2 Å². The number of sulfonamides is 1. The Kier molecular flexibility index (Phi) is 7.53. The van der Waals surface area contributed by atoms with Gasteiger partial charge in [0.25, 0.3) is 0 Å². The lowest BCUT2D eigenvalue weighted by atomic mass is 9.86. The minimum absolute atomic E-state index is 0.0910. The van der Waals surface area contributed by atoms with E-state index in [-0.39, 0.29) is 6.04 Å². The van der Waals surface area contributed by atoms with Crippen LogP contribution in [0.4, 0.5) is 5.69 Å². The van der Waals surface area contributed by atoms with E-state index in [9.17, 15) is 8.42 Å². The van der Waals surface area contributed by atoms with Crippen molar-refractivity contribution < 1.29 is 8.42 Å². The fraction of sp³-hybridized carbons (Fsp3) is 0.714. The lowest BCUT2D eigenvalue weighted by molar-refractivity contribution is 0.322. The minimum atomic E-state index is -3.25. The first-order valence-electron chi connectivity index (χ1n) is 10.1. The predicted octanol–water partition coefficient (Wildman–Crippen LogP) is 4.72. The van der Waals surface area contributed by atoms with Crippen LogP contribution in [-0.2, 0) is 16.4 Å². The molecule has 4 nitrogen and oxygen atoms in total. The van der Waals surface area contributed by atoms with E-state index in [0.717, 1.165) is 38.6 Å². The van der Waals surface area contributed by atoms with Crippen LogP contribution in [0.2, 0.25) is 0 Å². The zero-order valence-corrected chi connectivity index (χ0v) is 17.7. The van der Waals surface area contributed by atoms with E-state index >= 15 is 0 Å². The maximum atomic E-state index is 12.3. The maximum absolute atomic E-state index is 12.3. The van der Waals surface area contributed by atoms with Gasteiger partial charge in [-0.25, -0.2) is 13.1 Å². The quantitative estimate of drug-likeness (QED) is 0.686. The number of hydrogen-bond donors (Lipinski definition) is 2. The van der Waals surface area contributed by atoms with Gasteiger partial charge in [0.05, 0.1) is 4.75 Å². The Balaban J connectivity index is 1.73. The molecule has 0 radical (unpaired) electrons. The molecule has 1 saturated carbocycles. The van der Waals surface area contributed by atoms with E-state index in [1.54, 1.807) is 20.8 Å². The highest BCUT2D eigenvalue weighted by Gasteiger charge is 2.32. The van der Waals surface area contributed by atoms with E-state index < -0.39 is 14.8 Å². The van der Waals surface area contributed by atoms with Crippen LogP contribution >= 0.6 is 0 Å². The van der Waals surface area contributed by atoms with Crippen LogP contribution in [0, 0.1) is 5.92 Å². The zero-order chi connectivity index (χ0) is 19.2. The monoisotopic (exact) mass is 380 g/mol. The average Bonchev–Trinajstić information content (AvgIpc) is 2.59. The van der Waals surface area contributed by atoms with Gasteiger partial charge in [0.2, 0.25) is 10.0 Å². The highest BCUT2D eigenvalue weighted by atomic mass is 32.2. The molecular weight excluding hydrogens is 344 g/mol. The zero-order valence-electron chi connectivity index (χ0n) is 16.8. The minimum Gasteiger partial charge on any atom is -0.385 e. The molecule has 1 aliphatic carbocycles. The lowest BCUT2D eigenvalue weighted by Crippen LogP contribution is -2.46. The van der Waals surface area contributed by atoms with Gasteiger partial charge in [-0.15, -0.1) is 0 Å². The molecule has 148 valence electrons. The average molecular weight is 381 g/mol. The standard InChI is InChI=1S/C21H36N2O2S/c1-5-6-7-17-8-12-19(13-9-17)22-16-18-10-14-20(15-11-18)23-26(24,25)21(2,3)4/h8-9,12-13,18,20,22-23H,5-7,10-11,14-16H2,1-4H3/t18-,20+. The third-order valence-electron chi connectivity index (χ3n) is 5.34. The third kappa shape index (κ3) is 6.27. The van der Waals surface area contributed by atoms with Gasteiger partial charge in [0, 0.05) is 18.3 Å². The lowest BCUT2D eigenvalue weighted by Gasteiger charge is -2.31. The van der Waals surface area contributed by atoms with E-state index in [4.69, 9.17) is 0 Å². The summed E-state index contributed by atoms with van der Waals surface area (Å²) in [6, 6.07) is 8.88. The fourth-order valence-corrected chi connectivity index (χ4v) is 4.34. The molecule has 0 unspecified atom stereocenters. The smallest absolute Gasteiger partial charge is 0.216 e. The number of hydrogen-bond acceptors (Lipinski definition) is 3. The predicted molar refractivity (Wildman–Crippen MR) is 111 cm³/mol. The molecule has 0 amide bonds. The molecule has 0 bridgehead atoms. The summed E-state index contributed by atoms with van der Waals surface area (Å²) in [6.45, 7) is 8.43. The van der Waals surface area contributed by atoms with Crippen LogP contribution in [0.3, 0.4) is 0 Å². The van der Waals surface area contributed by atoms with Crippen LogP contribution in [0.5, 0.6) is 0 Å². The Morgan fingerprint density at radius 2 is 1.65 bits per heavy atom. The van der Waals surface area contributed by atoms with Crippen molar-refractivity contribution in [3.05, 3.63) is 29.8 Å². The molecule has 1 aliphatic rings. The molecule has 1 fully saturated rings. The van der Waals surface area contributed by atoms with Crippen LogP contribution in [-0.4, -0.2) is 25.8 Å². The number of rotatable bonds is 8. The Bertz CT molecular complexity index is 640. The Morgan fingerprint density at radius 1 is 1.04 bits per heavy atom. The number of unbranched alkanes of at least 4 members (excludes halogenated alkanes) is 1. The first kappa shape index (κ1) is 21.2. The number of anilines is 1. The van der Waals surface area contributed by atoms with E-state index in [2.05, 4.69) is 41.2 Å². The number of aryl methyl sites for hydroxylation is 1. The van der Waals surface area contributed by atoms with Crippen molar-refractivity contribution in [2.75, 3.05) is 11.9 Å². The van der Waals surface area contributed by atoms with E-state index in [1.807, 2.05) is 0 Å². The molecule has 0 heterocycles. The highest BCUT2D eigenvalue weighted by Crippen LogP contribution is 2.26. The highest BCUT2D eigenvalue weighted by molar-refractivity contribution is 7.90. The van der Waals surface area contributed by atoms with Crippen molar-refractivity contribution in [1.82, 2.24) is 4.72 Å². The SMILES string of the molecule is CCCCc1ccc(NC[C@H]2CC[C@@H](NS(=O)(=O)C(C)(C)C)CC2)cc1. The first-order valence-corrected chi connectivity index (χ1v) is 11.5. The van der Waals surface area contributed by atoms with Crippen LogP contribution in [0.25, 0.3) is 0 Å². The van der Waals surface area contributed by atoms with E-state index in [0.29, 0.717) is 5.92 Å². The molecular formula is C21H36N2O2S. The summed E-state index contributed by atoms with van der Waals surface area (Å²) >= 11 is 0. The molecule has 1 aromatic carbocycles. The van der Waals surface area contributed by atoms with Gasteiger partial charge in [0.15, 0.2) is 0 Å². The molecule has 2 N–H and O–H groups in total. The van der Waals surface area contributed by atoms with Crippen LogP contribution in [0.1, 0.15) is 71.8 Å². The van der Waals surface area contributed by atoms with Crippen molar-refractivity contribution >= 4 is 15.7 Å². The summed E-state index contributed by atoms with van der Waals surface area (Å²) in [4.78, 5) is 0. The number of benzene rings is 1. The number of nitrogens with one attached hydrogen (secondary N) is 2. The Hall–Kier alpha value is -1.07. The van der Waals surface area contributed by atoms with Crippen LogP contribution < -0.4 is 10.0 Å².